The van der Waals surface area contributed by atoms with E-state index in [1.54, 1.807) is 0 Å². The average molecular weight is 928 g/mol. The zero-order valence-electron chi connectivity index (χ0n) is 44.2. The first kappa shape index (κ1) is 63.8. The average Bonchev–Trinajstić information content (AvgIpc) is 3.32. The van der Waals surface area contributed by atoms with Gasteiger partial charge in [-0.3, -0.25) is 9.59 Å². The predicted octanol–water partition coefficient (Wildman–Crippen LogP) is 16.3. The van der Waals surface area contributed by atoms with Crippen molar-refractivity contribution in [1.29, 1.82) is 0 Å². The molecule has 0 aromatic heterocycles. The van der Waals surface area contributed by atoms with Gasteiger partial charge >= 0.3 is 11.9 Å². The van der Waals surface area contributed by atoms with Gasteiger partial charge in [0.2, 0.25) is 0 Å². The second kappa shape index (κ2) is 53.7. The first-order valence-electron chi connectivity index (χ1n) is 28.5. The summed E-state index contributed by atoms with van der Waals surface area (Å²) in [5.74, 6) is 0.0298. The quantitative estimate of drug-likeness (QED) is 0.0357. The fourth-order valence-electron chi connectivity index (χ4n) is 8.30. The molecule has 0 radical (unpaired) electrons. The second-order valence-electron chi connectivity index (χ2n) is 19.2. The summed E-state index contributed by atoms with van der Waals surface area (Å²) in [6.07, 6.45) is 57.2. The van der Waals surface area contributed by atoms with Gasteiger partial charge in [0.25, 0.3) is 0 Å². The summed E-state index contributed by atoms with van der Waals surface area (Å²) < 4.78 is 11.1. The van der Waals surface area contributed by atoms with E-state index >= 15 is 0 Å². The van der Waals surface area contributed by atoms with Crippen molar-refractivity contribution in [2.24, 2.45) is 5.92 Å². The van der Waals surface area contributed by atoms with Gasteiger partial charge in [-0.2, -0.15) is 0 Å². The Labute approximate surface area is 410 Å². The van der Waals surface area contributed by atoms with Crippen LogP contribution in [0, 0.1) is 5.92 Å². The number of unbranched alkanes of at least 4 members (excludes halogenated alkanes) is 21. The number of hydrogen-bond acceptors (Lipinski definition) is 7. The molecule has 0 aliphatic rings. The number of carbonyl (C=O) groups is 2. The van der Waals surface area contributed by atoms with Gasteiger partial charge in [-0.05, 0) is 167 Å². The van der Waals surface area contributed by atoms with Crippen molar-refractivity contribution < 1.29 is 24.2 Å². The molecular formula is C59H110N2O5. The van der Waals surface area contributed by atoms with Crippen molar-refractivity contribution in [3.8, 4) is 0 Å². The SMILES string of the molecule is CCCCC/C=C\C/C=C\CCCCCCCC(=O)OCCCCCC(O)C(CCCCOC(=O)CCCCCCC/C=C\C/C=C\CCCCC)CNCCCN(CCCC)CCCC. The Kier molecular flexibility index (Phi) is 51.9. The third-order valence-corrected chi connectivity index (χ3v) is 12.7. The molecule has 0 rings (SSSR count). The summed E-state index contributed by atoms with van der Waals surface area (Å²) in [4.78, 5) is 27.3. The molecule has 0 bridgehead atoms. The molecule has 0 heterocycles. The highest BCUT2D eigenvalue weighted by Gasteiger charge is 2.19. The minimum Gasteiger partial charge on any atom is -0.466 e. The van der Waals surface area contributed by atoms with E-state index in [4.69, 9.17) is 9.47 Å². The summed E-state index contributed by atoms with van der Waals surface area (Å²) in [6, 6.07) is 0. The summed E-state index contributed by atoms with van der Waals surface area (Å²) in [6.45, 7) is 15.2. The van der Waals surface area contributed by atoms with Gasteiger partial charge < -0.3 is 24.8 Å². The van der Waals surface area contributed by atoms with E-state index in [1.165, 1.54) is 129 Å². The molecule has 0 spiro atoms. The number of allylic oxidation sites excluding steroid dienone is 8. The maximum absolute atomic E-state index is 12.4. The van der Waals surface area contributed by atoms with Gasteiger partial charge in [-0.15, -0.1) is 0 Å². The van der Waals surface area contributed by atoms with Crippen LogP contribution in [0.15, 0.2) is 48.6 Å². The molecule has 0 fully saturated rings. The molecule has 0 aliphatic carbocycles. The Hall–Kier alpha value is -2.22. The van der Waals surface area contributed by atoms with Crippen molar-refractivity contribution in [3.05, 3.63) is 48.6 Å². The molecule has 386 valence electrons. The number of nitrogens with zero attached hydrogens (tertiary/aromatic N) is 1. The Bertz CT molecular complexity index is 1130. The topological polar surface area (TPSA) is 88.1 Å². The summed E-state index contributed by atoms with van der Waals surface area (Å²) in [5, 5.41) is 15.0. The molecule has 0 aromatic carbocycles. The lowest BCUT2D eigenvalue weighted by atomic mass is 9.92. The van der Waals surface area contributed by atoms with Gasteiger partial charge in [0, 0.05) is 19.4 Å². The van der Waals surface area contributed by atoms with Crippen LogP contribution >= 0.6 is 0 Å². The van der Waals surface area contributed by atoms with Crippen LogP contribution in [0.5, 0.6) is 0 Å². The molecule has 0 amide bonds. The van der Waals surface area contributed by atoms with E-state index in [-0.39, 0.29) is 24.0 Å². The molecule has 66 heavy (non-hydrogen) atoms. The minimum absolute atomic E-state index is 0.0712. The van der Waals surface area contributed by atoms with E-state index in [2.05, 4.69) is 86.5 Å². The first-order valence-corrected chi connectivity index (χ1v) is 28.5. The molecule has 7 nitrogen and oxygen atoms in total. The molecule has 0 saturated carbocycles. The summed E-state index contributed by atoms with van der Waals surface area (Å²) >= 11 is 0. The van der Waals surface area contributed by atoms with Gasteiger partial charge in [0.15, 0.2) is 0 Å². The fourth-order valence-corrected chi connectivity index (χ4v) is 8.30. The lowest BCUT2D eigenvalue weighted by Crippen LogP contribution is -2.34. The first-order chi connectivity index (χ1) is 32.5. The van der Waals surface area contributed by atoms with E-state index in [0.717, 1.165) is 122 Å². The van der Waals surface area contributed by atoms with Crippen molar-refractivity contribution in [2.75, 3.05) is 45.9 Å². The number of esters is 2. The van der Waals surface area contributed by atoms with Gasteiger partial charge in [-0.25, -0.2) is 0 Å². The molecule has 2 atom stereocenters. The summed E-state index contributed by atoms with van der Waals surface area (Å²) in [7, 11) is 0. The standard InChI is InChI=1S/C59H110N2O5/c1-5-9-13-15-17-19-21-23-25-27-29-31-33-35-39-47-58(63)65-53-42-37-38-46-57(62)56(55-60-49-44-52-61(50-11-7-3)51-12-8-4)45-41-43-54-66-59(64)48-40-36-34-32-30-28-26-24-22-20-18-16-14-10-6-2/h17-20,23-26,56-57,60,62H,5-16,21-22,27-55H2,1-4H3/b19-17-,20-18-,25-23-,26-24-. The monoisotopic (exact) mass is 927 g/mol. The molecule has 7 heteroatoms. The normalized spacial score (nSPS) is 13.1. The van der Waals surface area contributed by atoms with E-state index in [9.17, 15) is 14.7 Å². The maximum Gasteiger partial charge on any atom is 0.305 e. The smallest absolute Gasteiger partial charge is 0.305 e. The molecule has 0 aromatic rings. The number of rotatable bonds is 52. The fraction of sp³-hybridized carbons (Fsp3) is 0.831. The highest BCUT2D eigenvalue weighted by molar-refractivity contribution is 5.69. The number of aliphatic hydroxyl groups excluding tert-OH is 1. The molecule has 0 saturated heterocycles. The number of ether oxygens (including phenoxy) is 2. The van der Waals surface area contributed by atoms with Crippen LogP contribution in [0.3, 0.4) is 0 Å². The second-order valence-corrected chi connectivity index (χ2v) is 19.2. The van der Waals surface area contributed by atoms with Crippen molar-refractivity contribution in [2.45, 2.75) is 265 Å². The number of hydrogen-bond donors (Lipinski definition) is 2. The van der Waals surface area contributed by atoms with E-state index in [0.29, 0.717) is 26.1 Å². The number of nitrogens with one attached hydrogen (secondary N) is 1. The Morgan fingerprint density at radius 3 is 1.33 bits per heavy atom. The third-order valence-electron chi connectivity index (χ3n) is 12.7. The number of carbonyl (C=O) groups excluding carboxylic acids is 2. The van der Waals surface area contributed by atoms with Crippen LogP contribution in [0.25, 0.3) is 0 Å². The Balaban J connectivity index is 4.34. The highest BCUT2D eigenvalue weighted by atomic mass is 16.5. The van der Waals surface area contributed by atoms with Crippen LogP contribution in [0.1, 0.15) is 259 Å². The Morgan fingerprint density at radius 2 is 0.848 bits per heavy atom. The lowest BCUT2D eigenvalue weighted by Gasteiger charge is -2.25. The van der Waals surface area contributed by atoms with Crippen molar-refractivity contribution in [3.63, 3.8) is 0 Å². The number of aliphatic hydroxyl groups is 1. The van der Waals surface area contributed by atoms with Crippen LogP contribution in [0.4, 0.5) is 0 Å². The zero-order chi connectivity index (χ0) is 48.1. The third kappa shape index (κ3) is 48.2. The van der Waals surface area contributed by atoms with Crippen molar-refractivity contribution >= 4 is 11.9 Å². The van der Waals surface area contributed by atoms with Crippen LogP contribution < -0.4 is 5.32 Å². The van der Waals surface area contributed by atoms with Crippen LogP contribution in [0.2, 0.25) is 0 Å². The largest absolute Gasteiger partial charge is 0.466 e. The molecule has 2 N–H and O–H groups in total. The van der Waals surface area contributed by atoms with Gasteiger partial charge in [0.05, 0.1) is 19.3 Å². The van der Waals surface area contributed by atoms with Crippen LogP contribution in [-0.2, 0) is 19.1 Å². The van der Waals surface area contributed by atoms with E-state index in [1.807, 2.05) is 0 Å². The Morgan fingerprint density at radius 1 is 0.455 bits per heavy atom. The van der Waals surface area contributed by atoms with Crippen LogP contribution in [-0.4, -0.2) is 74.0 Å². The van der Waals surface area contributed by atoms with Crippen molar-refractivity contribution in [1.82, 2.24) is 10.2 Å². The highest BCUT2D eigenvalue weighted by Crippen LogP contribution is 2.19. The van der Waals surface area contributed by atoms with Gasteiger partial charge in [-0.1, -0.05) is 160 Å². The lowest BCUT2D eigenvalue weighted by molar-refractivity contribution is -0.144. The summed E-state index contributed by atoms with van der Waals surface area (Å²) in [5.41, 5.74) is 0. The zero-order valence-corrected chi connectivity index (χ0v) is 44.2. The van der Waals surface area contributed by atoms with E-state index < -0.39 is 0 Å². The minimum atomic E-state index is -0.371. The molecular weight excluding hydrogens is 817 g/mol. The molecule has 0 aliphatic heterocycles. The predicted molar refractivity (Wildman–Crippen MR) is 286 cm³/mol. The molecule has 2 unspecified atom stereocenters. The maximum atomic E-state index is 12.4. The van der Waals surface area contributed by atoms with Gasteiger partial charge in [0.1, 0.15) is 0 Å².